The molecule has 1 aromatic carbocycles. The van der Waals surface area contributed by atoms with E-state index in [1.807, 2.05) is 6.92 Å². The third kappa shape index (κ3) is 4.48. The average Bonchev–Trinajstić information content (AvgIpc) is 2.48. The van der Waals surface area contributed by atoms with Gasteiger partial charge >= 0.3 is 0 Å². The second-order valence-corrected chi connectivity index (χ2v) is 5.90. The Morgan fingerprint density at radius 1 is 1.29 bits per heavy atom. The molecule has 0 bridgehead atoms. The number of rotatable bonds is 7. The van der Waals surface area contributed by atoms with Crippen LogP contribution < -0.4 is 10.2 Å². The molecule has 116 valence electrons. The Balaban J connectivity index is 1.93. The molecule has 3 nitrogen and oxygen atoms in total. The summed E-state index contributed by atoms with van der Waals surface area (Å²) in [5.74, 6) is 0.171. The largest absolute Gasteiger partial charge is 0.371 e. The van der Waals surface area contributed by atoms with Crippen molar-refractivity contribution < 1.29 is 4.79 Å². The topological polar surface area (TPSA) is 32.3 Å². The Morgan fingerprint density at radius 2 is 2.14 bits per heavy atom. The summed E-state index contributed by atoms with van der Waals surface area (Å²) in [6.07, 6.45) is 6.12. The summed E-state index contributed by atoms with van der Waals surface area (Å²) < 4.78 is 0. The van der Waals surface area contributed by atoms with Gasteiger partial charge in [0.05, 0.1) is 0 Å². The summed E-state index contributed by atoms with van der Waals surface area (Å²) in [7, 11) is 0. The number of amides is 1. The average molecular weight is 288 g/mol. The van der Waals surface area contributed by atoms with Gasteiger partial charge in [0.2, 0.25) is 5.91 Å². The minimum Gasteiger partial charge on any atom is -0.371 e. The van der Waals surface area contributed by atoms with Gasteiger partial charge in [-0.1, -0.05) is 26.0 Å². The van der Waals surface area contributed by atoms with Crippen LogP contribution in [0.15, 0.2) is 18.2 Å². The SMILES string of the molecule is CCCC(=O)NCCc1ccc2c(c1)CCCN2CCC. The number of anilines is 1. The van der Waals surface area contributed by atoms with Crippen LogP contribution in [0.1, 0.15) is 50.7 Å². The quantitative estimate of drug-likeness (QED) is 0.835. The first-order valence-corrected chi connectivity index (χ1v) is 8.38. The molecule has 0 saturated carbocycles. The van der Waals surface area contributed by atoms with E-state index in [-0.39, 0.29) is 5.91 Å². The standard InChI is InChI=1S/C18H28N2O/c1-3-6-18(21)19-11-10-15-8-9-17-16(14-15)7-5-13-20(17)12-4-2/h8-9,14H,3-7,10-13H2,1-2H3,(H,19,21). The first-order chi connectivity index (χ1) is 10.2. The number of benzene rings is 1. The van der Waals surface area contributed by atoms with E-state index in [9.17, 15) is 4.79 Å². The van der Waals surface area contributed by atoms with Crippen molar-refractivity contribution in [2.45, 2.75) is 52.4 Å². The summed E-state index contributed by atoms with van der Waals surface area (Å²) in [5.41, 5.74) is 4.23. The van der Waals surface area contributed by atoms with Gasteiger partial charge in [-0.2, -0.15) is 0 Å². The smallest absolute Gasteiger partial charge is 0.219 e. The molecule has 1 aliphatic rings. The van der Waals surface area contributed by atoms with Crippen LogP contribution in [0.2, 0.25) is 0 Å². The van der Waals surface area contributed by atoms with Crippen LogP contribution in [-0.4, -0.2) is 25.5 Å². The Hall–Kier alpha value is -1.51. The minimum atomic E-state index is 0.171. The highest BCUT2D eigenvalue weighted by atomic mass is 16.1. The monoisotopic (exact) mass is 288 g/mol. The van der Waals surface area contributed by atoms with E-state index in [1.54, 1.807) is 0 Å². The van der Waals surface area contributed by atoms with Crippen molar-refractivity contribution >= 4 is 11.6 Å². The number of fused-ring (bicyclic) bond motifs is 1. The fraction of sp³-hybridized carbons (Fsp3) is 0.611. The Morgan fingerprint density at radius 3 is 2.90 bits per heavy atom. The molecule has 1 aromatic rings. The lowest BCUT2D eigenvalue weighted by Gasteiger charge is -2.31. The molecule has 3 heteroatoms. The lowest BCUT2D eigenvalue weighted by Crippen LogP contribution is -2.30. The highest BCUT2D eigenvalue weighted by Gasteiger charge is 2.16. The molecular weight excluding hydrogens is 260 g/mol. The van der Waals surface area contributed by atoms with Crippen LogP contribution in [0.25, 0.3) is 0 Å². The van der Waals surface area contributed by atoms with E-state index in [1.165, 1.54) is 42.6 Å². The van der Waals surface area contributed by atoms with Crippen molar-refractivity contribution in [1.29, 1.82) is 0 Å². The Kier molecular flexibility index (Phi) is 6.09. The van der Waals surface area contributed by atoms with Crippen molar-refractivity contribution in [2.75, 3.05) is 24.5 Å². The van der Waals surface area contributed by atoms with E-state index in [0.717, 1.165) is 25.9 Å². The predicted molar refractivity (Wildman–Crippen MR) is 88.9 cm³/mol. The molecule has 0 spiro atoms. The summed E-state index contributed by atoms with van der Waals surface area (Å²) in [4.78, 5) is 14.0. The van der Waals surface area contributed by atoms with Crippen LogP contribution in [-0.2, 0) is 17.6 Å². The molecule has 1 N–H and O–H groups in total. The van der Waals surface area contributed by atoms with Crippen LogP contribution in [0.5, 0.6) is 0 Å². The van der Waals surface area contributed by atoms with Gasteiger partial charge in [-0.3, -0.25) is 4.79 Å². The molecule has 0 atom stereocenters. The van der Waals surface area contributed by atoms with Crippen LogP contribution in [0.4, 0.5) is 5.69 Å². The summed E-state index contributed by atoms with van der Waals surface area (Å²) in [6.45, 7) is 7.36. The third-order valence-corrected chi connectivity index (χ3v) is 4.07. The van der Waals surface area contributed by atoms with Gasteiger partial charge in [0.25, 0.3) is 0 Å². The molecule has 1 amide bonds. The molecular formula is C18H28N2O. The minimum absolute atomic E-state index is 0.171. The zero-order valence-electron chi connectivity index (χ0n) is 13.5. The first kappa shape index (κ1) is 15.9. The van der Waals surface area contributed by atoms with Crippen molar-refractivity contribution in [2.24, 2.45) is 0 Å². The summed E-state index contributed by atoms with van der Waals surface area (Å²) in [5, 5.41) is 2.99. The Labute approximate surface area is 128 Å². The van der Waals surface area contributed by atoms with E-state index in [0.29, 0.717) is 6.42 Å². The van der Waals surface area contributed by atoms with Crippen LogP contribution >= 0.6 is 0 Å². The number of nitrogens with one attached hydrogen (secondary N) is 1. The molecule has 0 aliphatic carbocycles. The highest BCUT2D eigenvalue weighted by Crippen LogP contribution is 2.28. The third-order valence-electron chi connectivity index (χ3n) is 4.07. The zero-order valence-corrected chi connectivity index (χ0v) is 13.5. The zero-order chi connectivity index (χ0) is 15.1. The van der Waals surface area contributed by atoms with Crippen molar-refractivity contribution in [3.8, 4) is 0 Å². The molecule has 2 rings (SSSR count). The Bertz CT molecular complexity index is 470. The fourth-order valence-electron chi connectivity index (χ4n) is 3.05. The lowest BCUT2D eigenvalue weighted by molar-refractivity contribution is -0.121. The van der Waals surface area contributed by atoms with Gasteiger partial charge in [0, 0.05) is 31.7 Å². The maximum absolute atomic E-state index is 11.5. The number of hydrogen-bond acceptors (Lipinski definition) is 2. The normalized spacial score (nSPS) is 13.9. The van der Waals surface area contributed by atoms with Gasteiger partial charge in [-0.25, -0.2) is 0 Å². The van der Waals surface area contributed by atoms with E-state index >= 15 is 0 Å². The molecule has 1 heterocycles. The van der Waals surface area contributed by atoms with Gasteiger partial charge in [-0.15, -0.1) is 0 Å². The molecule has 0 unspecified atom stereocenters. The number of nitrogens with zero attached hydrogens (tertiary/aromatic N) is 1. The second-order valence-electron chi connectivity index (χ2n) is 5.90. The maximum atomic E-state index is 11.5. The van der Waals surface area contributed by atoms with E-state index in [2.05, 4.69) is 35.3 Å². The first-order valence-electron chi connectivity index (χ1n) is 8.38. The second kappa shape index (κ2) is 8.06. The molecule has 1 aliphatic heterocycles. The lowest BCUT2D eigenvalue weighted by atomic mass is 9.98. The van der Waals surface area contributed by atoms with Crippen LogP contribution in [0.3, 0.4) is 0 Å². The van der Waals surface area contributed by atoms with Crippen molar-refractivity contribution in [1.82, 2.24) is 5.32 Å². The van der Waals surface area contributed by atoms with E-state index in [4.69, 9.17) is 0 Å². The fourth-order valence-corrected chi connectivity index (χ4v) is 3.05. The highest BCUT2D eigenvalue weighted by molar-refractivity contribution is 5.75. The van der Waals surface area contributed by atoms with Crippen LogP contribution in [0, 0.1) is 0 Å². The number of hydrogen-bond donors (Lipinski definition) is 1. The van der Waals surface area contributed by atoms with Gasteiger partial charge in [0.1, 0.15) is 0 Å². The maximum Gasteiger partial charge on any atom is 0.219 e. The summed E-state index contributed by atoms with van der Waals surface area (Å²) in [6, 6.07) is 6.83. The van der Waals surface area contributed by atoms with Gasteiger partial charge in [0.15, 0.2) is 0 Å². The number of aryl methyl sites for hydroxylation is 1. The number of carbonyl (C=O) groups excluding carboxylic acids is 1. The number of carbonyl (C=O) groups is 1. The van der Waals surface area contributed by atoms with Crippen molar-refractivity contribution in [3.63, 3.8) is 0 Å². The van der Waals surface area contributed by atoms with Gasteiger partial charge < -0.3 is 10.2 Å². The predicted octanol–water partition coefficient (Wildman–Crippen LogP) is 3.31. The molecule has 0 saturated heterocycles. The van der Waals surface area contributed by atoms with Gasteiger partial charge in [-0.05, 0) is 49.3 Å². The molecule has 0 radical (unpaired) electrons. The molecule has 0 fully saturated rings. The molecule has 0 aromatic heterocycles. The molecule has 21 heavy (non-hydrogen) atoms. The van der Waals surface area contributed by atoms with E-state index < -0.39 is 0 Å². The summed E-state index contributed by atoms with van der Waals surface area (Å²) >= 11 is 0. The van der Waals surface area contributed by atoms with Crippen molar-refractivity contribution in [3.05, 3.63) is 29.3 Å².